The van der Waals surface area contributed by atoms with Crippen LogP contribution in [0.15, 0.2) is 91.0 Å². The Kier molecular flexibility index (Phi) is 4.72. The summed E-state index contributed by atoms with van der Waals surface area (Å²) in [5.41, 5.74) is 5.58. The second-order valence-electron chi connectivity index (χ2n) is 8.94. The van der Waals surface area contributed by atoms with E-state index < -0.39 is 0 Å². The Balaban J connectivity index is 1.41. The molecule has 0 spiro atoms. The molecule has 1 aliphatic heterocycles. The third kappa shape index (κ3) is 3.48. The van der Waals surface area contributed by atoms with E-state index >= 15 is 0 Å². The maximum atomic E-state index is 13.2. The molecule has 2 heterocycles. The Morgan fingerprint density at radius 3 is 2.61 bits per heavy atom. The van der Waals surface area contributed by atoms with E-state index in [1.165, 1.54) is 11.1 Å². The van der Waals surface area contributed by atoms with Gasteiger partial charge < -0.3 is 9.47 Å². The van der Waals surface area contributed by atoms with Crippen LogP contribution in [0, 0.1) is 6.92 Å². The van der Waals surface area contributed by atoms with Gasteiger partial charge in [-0.05, 0) is 36.1 Å². The molecule has 4 aromatic carbocycles. The van der Waals surface area contributed by atoms with Crippen LogP contribution in [0.2, 0.25) is 0 Å². The van der Waals surface area contributed by atoms with Crippen LogP contribution < -0.4 is 4.90 Å². The molecule has 0 aliphatic carbocycles. The number of carbonyl (C=O) groups is 1. The average molecular weight is 432 g/mol. The maximum absolute atomic E-state index is 13.2. The number of hydrogen-bond donors (Lipinski definition) is 0. The summed E-state index contributed by atoms with van der Waals surface area (Å²) in [5, 5.41) is 2.26. The van der Waals surface area contributed by atoms with Crippen molar-refractivity contribution >= 4 is 33.4 Å². The largest absolute Gasteiger partial charge is 0.323 e. The van der Waals surface area contributed by atoms with Gasteiger partial charge in [0.15, 0.2) is 0 Å². The molecule has 5 aromatic rings. The van der Waals surface area contributed by atoms with E-state index in [1.54, 1.807) is 0 Å². The highest BCUT2D eigenvalue weighted by molar-refractivity contribution is 6.05. The number of benzene rings is 4. The smallest absolute Gasteiger partial charge is 0.227 e. The maximum Gasteiger partial charge on any atom is 0.227 e. The Morgan fingerprint density at radius 1 is 0.909 bits per heavy atom. The molecule has 1 atom stereocenters. The van der Waals surface area contributed by atoms with Gasteiger partial charge in [0.25, 0.3) is 0 Å². The monoisotopic (exact) mass is 431 g/mol. The molecule has 1 saturated heterocycles. The Bertz CT molecular complexity index is 1490. The zero-order chi connectivity index (χ0) is 22.4. The molecular formula is C29H25N3O. The Labute approximate surface area is 193 Å². The van der Waals surface area contributed by atoms with E-state index in [-0.39, 0.29) is 11.8 Å². The third-order valence-corrected chi connectivity index (χ3v) is 6.65. The van der Waals surface area contributed by atoms with Gasteiger partial charge in [0.2, 0.25) is 5.91 Å². The van der Waals surface area contributed by atoms with E-state index in [0.29, 0.717) is 13.0 Å². The first kappa shape index (κ1) is 19.7. The lowest BCUT2D eigenvalue weighted by atomic mass is 10.1. The molecule has 0 N–H and O–H groups in total. The van der Waals surface area contributed by atoms with Crippen molar-refractivity contribution < 1.29 is 4.79 Å². The second kappa shape index (κ2) is 7.89. The molecule has 1 unspecified atom stereocenters. The molecule has 4 heteroatoms. The summed E-state index contributed by atoms with van der Waals surface area (Å²) in [4.78, 5) is 20.2. The van der Waals surface area contributed by atoms with E-state index in [9.17, 15) is 4.79 Å². The Morgan fingerprint density at radius 2 is 1.70 bits per heavy atom. The molecule has 0 bridgehead atoms. The van der Waals surface area contributed by atoms with Crippen molar-refractivity contribution in [3.8, 4) is 0 Å². The fourth-order valence-electron chi connectivity index (χ4n) is 5.12. The lowest BCUT2D eigenvalue weighted by Gasteiger charge is -2.19. The number of fused-ring (bicyclic) bond motifs is 2. The minimum absolute atomic E-state index is 0.0497. The molecule has 6 rings (SSSR count). The number of imidazole rings is 1. The number of amides is 1. The molecule has 0 saturated carbocycles. The summed E-state index contributed by atoms with van der Waals surface area (Å²) in [6, 6.07) is 31.3. The fraction of sp³-hybridized carbons (Fsp3) is 0.172. The lowest BCUT2D eigenvalue weighted by Crippen LogP contribution is -2.24. The summed E-state index contributed by atoms with van der Waals surface area (Å²) in [6.07, 6.45) is 0.473. The predicted molar refractivity (Wildman–Crippen MR) is 134 cm³/mol. The number of para-hydroxylation sites is 2. The van der Waals surface area contributed by atoms with Crippen molar-refractivity contribution in [1.29, 1.82) is 0 Å². The number of rotatable bonds is 4. The van der Waals surface area contributed by atoms with E-state index in [2.05, 4.69) is 78.2 Å². The zero-order valence-corrected chi connectivity index (χ0v) is 18.6. The van der Waals surface area contributed by atoms with Crippen LogP contribution >= 0.6 is 0 Å². The quantitative estimate of drug-likeness (QED) is 0.347. The van der Waals surface area contributed by atoms with Gasteiger partial charge in [0.05, 0.1) is 16.7 Å². The van der Waals surface area contributed by atoms with Crippen molar-refractivity contribution in [2.24, 2.45) is 0 Å². The van der Waals surface area contributed by atoms with E-state index in [1.807, 2.05) is 29.2 Å². The molecule has 1 aliphatic rings. The van der Waals surface area contributed by atoms with E-state index in [0.717, 1.165) is 39.9 Å². The second-order valence-corrected chi connectivity index (χ2v) is 8.94. The molecule has 1 amide bonds. The minimum atomic E-state index is 0.0497. The highest BCUT2D eigenvalue weighted by Gasteiger charge is 2.35. The first-order valence-corrected chi connectivity index (χ1v) is 11.5. The van der Waals surface area contributed by atoms with Crippen LogP contribution in [0.5, 0.6) is 0 Å². The number of aryl methyl sites for hydroxylation is 1. The van der Waals surface area contributed by atoms with Crippen LogP contribution in [-0.4, -0.2) is 22.0 Å². The standard InChI is InChI=1S/C29H25N3O/c1-20-8-6-9-21(16-20)18-32-27-14-5-4-13-25(27)30-29(32)23-17-28(33)31(19-23)26-15-7-11-22-10-2-3-12-24(22)26/h2-16,23H,17-19H2,1H3. The molecule has 1 aromatic heterocycles. The van der Waals surface area contributed by atoms with E-state index in [4.69, 9.17) is 4.98 Å². The molecule has 0 radical (unpaired) electrons. The minimum Gasteiger partial charge on any atom is -0.323 e. The molecular weight excluding hydrogens is 406 g/mol. The van der Waals surface area contributed by atoms with Crippen molar-refractivity contribution in [2.75, 3.05) is 11.4 Å². The van der Waals surface area contributed by atoms with Crippen LogP contribution in [0.1, 0.15) is 29.3 Å². The average Bonchev–Trinajstić information content (AvgIpc) is 3.39. The number of carbonyl (C=O) groups excluding carboxylic acids is 1. The normalized spacial score (nSPS) is 16.2. The van der Waals surface area contributed by atoms with Crippen LogP contribution in [-0.2, 0) is 11.3 Å². The van der Waals surface area contributed by atoms with Crippen molar-refractivity contribution in [1.82, 2.24) is 9.55 Å². The zero-order valence-electron chi connectivity index (χ0n) is 18.6. The molecule has 4 nitrogen and oxygen atoms in total. The van der Waals surface area contributed by atoms with Crippen molar-refractivity contribution in [3.63, 3.8) is 0 Å². The summed E-state index contributed by atoms with van der Waals surface area (Å²) < 4.78 is 2.30. The predicted octanol–water partition coefficient (Wildman–Crippen LogP) is 6.07. The highest BCUT2D eigenvalue weighted by atomic mass is 16.2. The van der Waals surface area contributed by atoms with Gasteiger partial charge in [-0.1, -0.05) is 78.4 Å². The SMILES string of the molecule is Cc1cccc(Cn2c(C3CC(=O)N(c4cccc5ccccc45)C3)nc3ccccc32)c1. The number of aromatic nitrogens is 2. The van der Waals surface area contributed by atoms with Crippen LogP contribution in [0.3, 0.4) is 0 Å². The fourth-order valence-corrected chi connectivity index (χ4v) is 5.12. The van der Waals surface area contributed by atoms with Gasteiger partial charge in [-0.15, -0.1) is 0 Å². The third-order valence-electron chi connectivity index (χ3n) is 6.65. The number of nitrogens with zero attached hydrogens (tertiary/aromatic N) is 3. The van der Waals surface area contributed by atoms with Gasteiger partial charge in [0.1, 0.15) is 5.82 Å². The highest BCUT2D eigenvalue weighted by Crippen LogP contribution is 2.36. The molecule has 1 fully saturated rings. The number of hydrogen-bond acceptors (Lipinski definition) is 2. The summed E-state index contributed by atoms with van der Waals surface area (Å²) in [5.74, 6) is 1.20. The lowest BCUT2D eigenvalue weighted by molar-refractivity contribution is -0.117. The summed E-state index contributed by atoms with van der Waals surface area (Å²) in [6.45, 7) is 3.51. The van der Waals surface area contributed by atoms with Gasteiger partial charge in [-0.25, -0.2) is 4.98 Å². The molecule has 162 valence electrons. The van der Waals surface area contributed by atoms with Crippen LogP contribution in [0.4, 0.5) is 5.69 Å². The van der Waals surface area contributed by atoms with Crippen LogP contribution in [0.25, 0.3) is 21.8 Å². The van der Waals surface area contributed by atoms with Crippen molar-refractivity contribution in [2.45, 2.75) is 25.8 Å². The number of anilines is 1. The summed E-state index contributed by atoms with van der Waals surface area (Å²) in [7, 11) is 0. The Hall–Kier alpha value is -3.92. The van der Waals surface area contributed by atoms with Gasteiger partial charge >= 0.3 is 0 Å². The van der Waals surface area contributed by atoms with Gasteiger partial charge in [-0.3, -0.25) is 4.79 Å². The van der Waals surface area contributed by atoms with Gasteiger partial charge in [-0.2, -0.15) is 0 Å². The van der Waals surface area contributed by atoms with Gasteiger partial charge in [0, 0.05) is 30.8 Å². The summed E-state index contributed by atoms with van der Waals surface area (Å²) >= 11 is 0. The first-order valence-electron chi connectivity index (χ1n) is 11.5. The van der Waals surface area contributed by atoms with Crippen molar-refractivity contribution in [3.05, 3.63) is 108 Å². The first-order chi connectivity index (χ1) is 16.2. The molecule has 33 heavy (non-hydrogen) atoms. The topological polar surface area (TPSA) is 38.1 Å².